The monoisotopic (exact) mass is 382 g/mol. The van der Waals surface area contributed by atoms with Crippen LogP contribution in [0.4, 0.5) is 5.69 Å². The number of anilines is 1. The lowest BCUT2D eigenvalue weighted by Gasteiger charge is -2.39. The average molecular weight is 382 g/mol. The molecule has 28 heavy (non-hydrogen) atoms. The Morgan fingerprint density at radius 2 is 1.86 bits per heavy atom. The molecule has 7 heteroatoms. The van der Waals surface area contributed by atoms with E-state index in [1.54, 1.807) is 0 Å². The fourth-order valence-electron chi connectivity index (χ4n) is 5.97. The number of benzene rings is 1. The zero-order valence-corrected chi connectivity index (χ0v) is 15.9. The number of rotatable bonds is 2. The average Bonchev–Trinajstić information content (AvgIpc) is 3.36. The van der Waals surface area contributed by atoms with Gasteiger partial charge in [-0.3, -0.25) is 19.3 Å². The molecule has 0 aliphatic carbocycles. The van der Waals surface area contributed by atoms with Gasteiger partial charge in [0.25, 0.3) is 0 Å². The van der Waals surface area contributed by atoms with Crippen LogP contribution in [0.15, 0.2) is 24.3 Å². The molecule has 0 radical (unpaired) electrons. The molecule has 4 aliphatic heterocycles. The molecule has 0 bridgehead atoms. The number of hydrogen-bond donors (Lipinski definition) is 2. The smallest absolute Gasteiger partial charge is 0.250 e. The van der Waals surface area contributed by atoms with E-state index in [2.05, 4.69) is 10.2 Å². The second-order valence-electron chi connectivity index (χ2n) is 8.55. The molecule has 0 saturated carbocycles. The number of nitrogens with zero attached hydrogens (tertiary/aromatic N) is 2. The van der Waals surface area contributed by atoms with Crippen LogP contribution in [0.3, 0.4) is 0 Å². The van der Waals surface area contributed by atoms with Crippen LogP contribution in [0.25, 0.3) is 0 Å². The summed E-state index contributed by atoms with van der Waals surface area (Å²) in [4.78, 5) is 42.6. The summed E-state index contributed by atoms with van der Waals surface area (Å²) in [6, 6.07) is 8.05. The highest BCUT2D eigenvalue weighted by atomic mass is 16.2. The molecule has 0 unspecified atom stereocenters. The lowest BCUT2D eigenvalue weighted by atomic mass is 9.77. The number of nitrogens with two attached hydrogens (primary N) is 1. The third kappa shape index (κ3) is 2.28. The fraction of sp³-hybridized carbons (Fsp3) is 0.571. The Labute approximate surface area is 164 Å². The molecule has 3 saturated heterocycles. The van der Waals surface area contributed by atoms with Gasteiger partial charge in [0.15, 0.2) is 0 Å². The predicted octanol–water partition coefficient (Wildman–Crippen LogP) is 1.04. The van der Waals surface area contributed by atoms with Crippen molar-refractivity contribution in [2.45, 2.75) is 43.7 Å². The third-order valence-electron chi connectivity index (χ3n) is 7.28. The van der Waals surface area contributed by atoms with E-state index in [1.165, 1.54) is 0 Å². The van der Waals surface area contributed by atoms with E-state index in [-0.39, 0.29) is 35.6 Å². The summed E-state index contributed by atoms with van der Waals surface area (Å²) in [5, 5.41) is 3.04. The second-order valence-corrected chi connectivity index (χ2v) is 8.55. The van der Waals surface area contributed by atoms with Crippen molar-refractivity contribution in [1.82, 2.24) is 9.80 Å². The molecule has 3 fully saturated rings. The molecule has 3 atom stereocenters. The third-order valence-corrected chi connectivity index (χ3v) is 7.28. The molecule has 1 aromatic carbocycles. The number of primary amides is 1. The molecule has 3 N–H and O–H groups in total. The summed E-state index contributed by atoms with van der Waals surface area (Å²) >= 11 is 0. The standard InChI is InChI=1S/C21H26N4O3/c22-18(26)13-7-10-24(11-8-13)19(27)16-12-14-4-3-9-25(14)21(16)15-5-1-2-6-17(15)23-20(21)28/h1-2,5-6,13-14,16H,3-4,7-12H2,(H2,22,26)(H,23,28)/t14-,16-,21+/m1/s1. The van der Waals surface area contributed by atoms with E-state index in [0.717, 1.165) is 37.1 Å². The van der Waals surface area contributed by atoms with E-state index >= 15 is 0 Å². The molecule has 4 heterocycles. The van der Waals surface area contributed by atoms with Crippen LogP contribution < -0.4 is 11.1 Å². The van der Waals surface area contributed by atoms with Crippen LogP contribution in [0, 0.1) is 11.8 Å². The lowest BCUT2D eigenvalue weighted by Crippen LogP contribution is -2.55. The molecule has 7 nitrogen and oxygen atoms in total. The Bertz CT molecular complexity index is 848. The first-order valence-corrected chi connectivity index (χ1v) is 10.3. The van der Waals surface area contributed by atoms with Crippen molar-refractivity contribution in [2.24, 2.45) is 17.6 Å². The van der Waals surface area contributed by atoms with Gasteiger partial charge in [-0.25, -0.2) is 0 Å². The summed E-state index contributed by atoms with van der Waals surface area (Å²) in [6.45, 7) is 1.92. The maximum Gasteiger partial charge on any atom is 0.250 e. The van der Waals surface area contributed by atoms with Crippen molar-refractivity contribution in [2.75, 3.05) is 25.0 Å². The molecule has 5 rings (SSSR count). The van der Waals surface area contributed by atoms with Gasteiger partial charge in [-0.05, 0) is 44.7 Å². The number of piperidine rings is 1. The number of likely N-dealkylation sites (tertiary alicyclic amines) is 1. The van der Waals surface area contributed by atoms with E-state index < -0.39 is 5.54 Å². The molecule has 148 valence electrons. The summed E-state index contributed by atoms with van der Waals surface area (Å²) in [7, 11) is 0. The number of nitrogens with one attached hydrogen (secondary N) is 1. The molecular weight excluding hydrogens is 356 g/mol. The van der Waals surface area contributed by atoms with Crippen molar-refractivity contribution in [3.63, 3.8) is 0 Å². The maximum atomic E-state index is 13.6. The van der Waals surface area contributed by atoms with Crippen molar-refractivity contribution in [3.8, 4) is 0 Å². The summed E-state index contributed by atoms with van der Waals surface area (Å²) in [5.74, 6) is -0.839. The molecule has 1 spiro atoms. The predicted molar refractivity (Wildman–Crippen MR) is 103 cm³/mol. The number of carbonyl (C=O) groups is 3. The zero-order valence-electron chi connectivity index (χ0n) is 15.9. The minimum Gasteiger partial charge on any atom is -0.369 e. The largest absolute Gasteiger partial charge is 0.369 e. The maximum absolute atomic E-state index is 13.6. The highest BCUT2D eigenvalue weighted by Gasteiger charge is 2.65. The minimum absolute atomic E-state index is 0.0455. The Balaban J connectivity index is 1.50. The molecular formula is C21H26N4O3. The quantitative estimate of drug-likeness (QED) is 0.799. The van der Waals surface area contributed by atoms with Crippen LogP contribution in [0.5, 0.6) is 0 Å². The number of hydrogen-bond acceptors (Lipinski definition) is 4. The fourth-order valence-corrected chi connectivity index (χ4v) is 5.97. The van der Waals surface area contributed by atoms with Crippen LogP contribution in [0.1, 0.15) is 37.7 Å². The highest BCUT2D eigenvalue weighted by molar-refractivity contribution is 6.09. The van der Waals surface area contributed by atoms with E-state index in [1.807, 2.05) is 29.2 Å². The number of fused-ring (bicyclic) bond motifs is 4. The van der Waals surface area contributed by atoms with Gasteiger partial charge < -0.3 is 16.0 Å². The van der Waals surface area contributed by atoms with Gasteiger partial charge in [-0.15, -0.1) is 0 Å². The SMILES string of the molecule is NC(=O)C1CCN(C(=O)[C@H]2C[C@H]3CCCN3[C@]23C(=O)Nc2ccccc23)CC1. The molecule has 1 aromatic rings. The van der Waals surface area contributed by atoms with Crippen molar-refractivity contribution >= 4 is 23.4 Å². The Kier molecular flexibility index (Phi) is 3.98. The first kappa shape index (κ1) is 17.7. The van der Waals surface area contributed by atoms with E-state index in [4.69, 9.17) is 5.73 Å². The van der Waals surface area contributed by atoms with Crippen molar-refractivity contribution in [1.29, 1.82) is 0 Å². The highest BCUT2D eigenvalue weighted by Crippen LogP contribution is 2.55. The molecule has 3 amide bonds. The van der Waals surface area contributed by atoms with Crippen LogP contribution in [0.2, 0.25) is 0 Å². The first-order valence-electron chi connectivity index (χ1n) is 10.3. The van der Waals surface area contributed by atoms with Gasteiger partial charge in [-0.1, -0.05) is 18.2 Å². The van der Waals surface area contributed by atoms with Crippen LogP contribution in [-0.4, -0.2) is 53.2 Å². The number of amides is 3. The summed E-state index contributed by atoms with van der Waals surface area (Å²) < 4.78 is 0. The van der Waals surface area contributed by atoms with Crippen molar-refractivity contribution in [3.05, 3.63) is 29.8 Å². The second kappa shape index (κ2) is 6.30. The van der Waals surface area contributed by atoms with E-state index in [9.17, 15) is 14.4 Å². The van der Waals surface area contributed by atoms with E-state index in [0.29, 0.717) is 25.9 Å². The van der Waals surface area contributed by atoms with Crippen LogP contribution in [-0.2, 0) is 19.9 Å². The van der Waals surface area contributed by atoms with Gasteiger partial charge in [0.05, 0.1) is 5.92 Å². The first-order chi connectivity index (χ1) is 13.5. The summed E-state index contributed by atoms with van der Waals surface area (Å²) in [5.41, 5.74) is 6.31. The minimum atomic E-state index is -0.893. The van der Waals surface area contributed by atoms with Crippen molar-refractivity contribution < 1.29 is 14.4 Å². The van der Waals surface area contributed by atoms with Gasteiger partial charge in [0, 0.05) is 36.3 Å². The molecule has 0 aromatic heterocycles. The zero-order chi connectivity index (χ0) is 19.5. The Morgan fingerprint density at radius 1 is 1.11 bits per heavy atom. The normalized spacial score (nSPS) is 32.4. The summed E-state index contributed by atoms with van der Waals surface area (Å²) in [6.07, 6.45) is 4.03. The number of para-hydroxylation sites is 1. The van der Waals surface area contributed by atoms with Crippen LogP contribution >= 0.6 is 0 Å². The lowest BCUT2D eigenvalue weighted by molar-refractivity contribution is -0.146. The Morgan fingerprint density at radius 3 is 2.61 bits per heavy atom. The molecule has 4 aliphatic rings. The van der Waals surface area contributed by atoms with Gasteiger partial charge in [0.2, 0.25) is 17.7 Å². The Hall–Kier alpha value is -2.41. The van der Waals surface area contributed by atoms with Gasteiger partial charge >= 0.3 is 0 Å². The topological polar surface area (TPSA) is 95.7 Å². The van der Waals surface area contributed by atoms with Gasteiger partial charge in [-0.2, -0.15) is 0 Å². The number of carbonyl (C=O) groups excluding carboxylic acids is 3. The van der Waals surface area contributed by atoms with Gasteiger partial charge in [0.1, 0.15) is 5.54 Å².